The first-order chi connectivity index (χ1) is 9.70. The SMILES string of the molecule is Cc1ccc(N(C)c2ccc(N)c(C(F)(F)F)c2)c(C)c1. The number of aryl methyl sites for hydroxylation is 2. The van der Waals surface area contributed by atoms with Crippen molar-refractivity contribution in [1.29, 1.82) is 0 Å². The summed E-state index contributed by atoms with van der Waals surface area (Å²) in [7, 11) is 1.74. The minimum Gasteiger partial charge on any atom is -0.398 e. The zero-order valence-corrected chi connectivity index (χ0v) is 12.1. The first-order valence-electron chi connectivity index (χ1n) is 6.48. The van der Waals surface area contributed by atoms with Gasteiger partial charge in [0.15, 0.2) is 0 Å². The lowest BCUT2D eigenvalue weighted by Crippen LogP contribution is -2.14. The molecule has 0 aromatic heterocycles. The van der Waals surface area contributed by atoms with Gasteiger partial charge in [-0.15, -0.1) is 0 Å². The monoisotopic (exact) mass is 294 g/mol. The zero-order chi connectivity index (χ0) is 15.8. The molecule has 0 saturated carbocycles. The molecule has 0 saturated heterocycles. The number of alkyl halides is 3. The topological polar surface area (TPSA) is 29.3 Å². The van der Waals surface area contributed by atoms with Gasteiger partial charge in [0.05, 0.1) is 5.56 Å². The van der Waals surface area contributed by atoms with Crippen LogP contribution in [0.15, 0.2) is 36.4 Å². The molecule has 0 unspecified atom stereocenters. The molecule has 0 aliphatic rings. The highest BCUT2D eigenvalue weighted by Crippen LogP contribution is 2.37. The molecule has 0 atom stereocenters. The van der Waals surface area contributed by atoms with E-state index in [-0.39, 0.29) is 5.69 Å². The van der Waals surface area contributed by atoms with Crippen molar-refractivity contribution >= 4 is 17.1 Å². The van der Waals surface area contributed by atoms with E-state index in [1.165, 1.54) is 6.07 Å². The van der Waals surface area contributed by atoms with Gasteiger partial charge in [0.1, 0.15) is 0 Å². The van der Waals surface area contributed by atoms with Crippen LogP contribution < -0.4 is 10.6 Å². The maximum Gasteiger partial charge on any atom is 0.418 e. The summed E-state index contributed by atoms with van der Waals surface area (Å²) in [6, 6.07) is 9.78. The van der Waals surface area contributed by atoms with Crippen LogP contribution in [0.4, 0.5) is 30.2 Å². The Bertz CT molecular complexity index is 663. The van der Waals surface area contributed by atoms with E-state index in [1.54, 1.807) is 18.0 Å². The van der Waals surface area contributed by atoms with E-state index in [2.05, 4.69) is 0 Å². The van der Waals surface area contributed by atoms with E-state index in [0.717, 1.165) is 22.9 Å². The smallest absolute Gasteiger partial charge is 0.398 e. The summed E-state index contributed by atoms with van der Waals surface area (Å²) in [5, 5.41) is 0. The van der Waals surface area contributed by atoms with E-state index in [1.807, 2.05) is 32.0 Å². The average molecular weight is 294 g/mol. The van der Waals surface area contributed by atoms with Crippen LogP contribution in [-0.4, -0.2) is 7.05 Å². The van der Waals surface area contributed by atoms with E-state index >= 15 is 0 Å². The van der Waals surface area contributed by atoms with Crippen molar-refractivity contribution in [2.24, 2.45) is 0 Å². The summed E-state index contributed by atoms with van der Waals surface area (Å²) in [4.78, 5) is 1.73. The summed E-state index contributed by atoms with van der Waals surface area (Å²) < 4.78 is 38.8. The fraction of sp³-hybridized carbons (Fsp3) is 0.250. The second-order valence-electron chi connectivity index (χ2n) is 5.12. The van der Waals surface area contributed by atoms with Crippen molar-refractivity contribution in [1.82, 2.24) is 0 Å². The molecule has 0 aliphatic carbocycles. The van der Waals surface area contributed by atoms with Gasteiger partial charge in [-0.3, -0.25) is 0 Å². The molecule has 0 heterocycles. The average Bonchev–Trinajstić information content (AvgIpc) is 2.37. The predicted molar refractivity (Wildman–Crippen MR) is 79.8 cm³/mol. The highest BCUT2D eigenvalue weighted by Gasteiger charge is 2.33. The molecule has 5 heteroatoms. The molecule has 2 aromatic rings. The normalized spacial score (nSPS) is 11.5. The van der Waals surface area contributed by atoms with Crippen molar-refractivity contribution in [3.05, 3.63) is 53.1 Å². The number of nitrogen functional groups attached to an aromatic ring is 1. The van der Waals surface area contributed by atoms with Crippen LogP contribution in [0.2, 0.25) is 0 Å². The zero-order valence-electron chi connectivity index (χ0n) is 12.1. The highest BCUT2D eigenvalue weighted by atomic mass is 19.4. The Hall–Kier alpha value is -2.17. The number of rotatable bonds is 2. The Kier molecular flexibility index (Phi) is 3.85. The number of hydrogen-bond donors (Lipinski definition) is 1. The molecule has 2 rings (SSSR count). The third-order valence-electron chi connectivity index (χ3n) is 3.44. The van der Waals surface area contributed by atoms with Crippen LogP contribution >= 0.6 is 0 Å². The highest BCUT2D eigenvalue weighted by molar-refractivity contribution is 5.69. The lowest BCUT2D eigenvalue weighted by molar-refractivity contribution is -0.136. The van der Waals surface area contributed by atoms with Crippen LogP contribution in [0.25, 0.3) is 0 Å². The van der Waals surface area contributed by atoms with Gasteiger partial charge >= 0.3 is 6.18 Å². The lowest BCUT2D eigenvalue weighted by atomic mass is 10.1. The minimum atomic E-state index is -4.46. The van der Waals surface area contributed by atoms with Crippen molar-refractivity contribution in [3.63, 3.8) is 0 Å². The first kappa shape index (κ1) is 15.2. The number of nitrogens with two attached hydrogens (primary N) is 1. The fourth-order valence-corrected chi connectivity index (χ4v) is 2.32. The van der Waals surface area contributed by atoms with E-state index in [0.29, 0.717) is 5.69 Å². The van der Waals surface area contributed by atoms with Gasteiger partial charge in [0.25, 0.3) is 0 Å². The number of halogens is 3. The minimum absolute atomic E-state index is 0.264. The molecule has 0 amide bonds. The van der Waals surface area contributed by atoms with Crippen molar-refractivity contribution < 1.29 is 13.2 Å². The Labute approximate surface area is 122 Å². The van der Waals surface area contributed by atoms with Crippen LogP contribution in [0.1, 0.15) is 16.7 Å². The van der Waals surface area contributed by atoms with E-state index < -0.39 is 11.7 Å². The molecule has 0 bridgehead atoms. The number of nitrogens with zero attached hydrogens (tertiary/aromatic N) is 1. The quantitative estimate of drug-likeness (QED) is 0.815. The summed E-state index contributed by atoms with van der Waals surface area (Å²) in [6.07, 6.45) is -4.46. The van der Waals surface area contributed by atoms with Crippen molar-refractivity contribution in [2.45, 2.75) is 20.0 Å². The Morgan fingerprint density at radius 2 is 1.67 bits per heavy atom. The number of hydrogen-bond acceptors (Lipinski definition) is 2. The van der Waals surface area contributed by atoms with Crippen LogP contribution in [0, 0.1) is 13.8 Å². The standard InChI is InChI=1S/C16H17F3N2/c1-10-4-7-15(11(2)8-10)21(3)12-5-6-14(20)13(9-12)16(17,18)19/h4-9H,20H2,1-3H3. The third-order valence-corrected chi connectivity index (χ3v) is 3.44. The van der Waals surface area contributed by atoms with Gasteiger partial charge < -0.3 is 10.6 Å². The number of benzene rings is 2. The Morgan fingerprint density at radius 3 is 2.24 bits per heavy atom. The maximum atomic E-state index is 12.9. The maximum absolute atomic E-state index is 12.9. The summed E-state index contributed by atoms with van der Waals surface area (Å²) >= 11 is 0. The summed E-state index contributed by atoms with van der Waals surface area (Å²) in [5.41, 5.74) is 7.77. The third kappa shape index (κ3) is 3.12. The van der Waals surface area contributed by atoms with Crippen molar-refractivity contribution in [2.75, 3.05) is 17.7 Å². The number of anilines is 3. The van der Waals surface area contributed by atoms with E-state index in [4.69, 9.17) is 5.73 Å². The Balaban J connectivity index is 2.46. The molecule has 2 aromatic carbocycles. The second-order valence-corrected chi connectivity index (χ2v) is 5.12. The molecule has 21 heavy (non-hydrogen) atoms. The lowest BCUT2D eigenvalue weighted by Gasteiger charge is -2.23. The van der Waals surface area contributed by atoms with E-state index in [9.17, 15) is 13.2 Å². The van der Waals surface area contributed by atoms with Crippen LogP contribution in [0.5, 0.6) is 0 Å². The molecular weight excluding hydrogens is 277 g/mol. The predicted octanol–water partition coefficient (Wildman–Crippen LogP) is 4.67. The summed E-state index contributed by atoms with van der Waals surface area (Å²) in [6.45, 7) is 3.91. The molecule has 112 valence electrons. The fourth-order valence-electron chi connectivity index (χ4n) is 2.32. The molecule has 2 N–H and O–H groups in total. The molecular formula is C16H17F3N2. The largest absolute Gasteiger partial charge is 0.418 e. The molecule has 0 spiro atoms. The van der Waals surface area contributed by atoms with Gasteiger partial charge in [-0.25, -0.2) is 0 Å². The molecule has 0 radical (unpaired) electrons. The molecule has 0 fully saturated rings. The van der Waals surface area contributed by atoms with Crippen molar-refractivity contribution in [3.8, 4) is 0 Å². The van der Waals surface area contributed by atoms with Crippen LogP contribution in [0.3, 0.4) is 0 Å². The molecule has 2 nitrogen and oxygen atoms in total. The van der Waals surface area contributed by atoms with Gasteiger partial charge in [0.2, 0.25) is 0 Å². The Morgan fingerprint density at radius 1 is 1.00 bits per heavy atom. The van der Waals surface area contributed by atoms with Gasteiger partial charge in [0, 0.05) is 24.1 Å². The van der Waals surface area contributed by atoms with Gasteiger partial charge in [-0.05, 0) is 43.7 Å². The molecule has 0 aliphatic heterocycles. The second kappa shape index (κ2) is 5.31. The van der Waals surface area contributed by atoms with Crippen LogP contribution in [-0.2, 0) is 6.18 Å². The summed E-state index contributed by atoms with van der Waals surface area (Å²) in [5.74, 6) is 0. The van der Waals surface area contributed by atoms with Gasteiger partial charge in [-0.1, -0.05) is 17.7 Å². The first-order valence-corrected chi connectivity index (χ1v) is 6.48. The van der Waals surface area contributed by atoms with Gasteiger partial charge in [-0.2, -0.15) is 13.2 Å².